The fraction of sp³-hybridized carbons (Fsp3) is 0.600. The average molecular weight is 300 g/mol. The minimum atomic E-state index is 0.329. The highest BCUT2D eigenvalue weighted by Gasteiger charge is 2.19. The third kappa shape index (κ3) is 3.78. The van der Waals surface area contributed by atoms with Crippen LogP contribution in [-0.2, 0) is 11.3 Å². The SMILES string of the molecule is COc1cc(CNC2CCOC(C)C2)cc(Cl)c1OC. The van der Waals surface area contributed by atoms with Gasteiger partial charge >= 0.3 is 0 Å². The largest absolute Gasteiger partial charge is 0.493 e. The molecule has 1 saturated heterocycles. The minimum Gasteiger partial charge on any atom is -0.493 e. The van der Waals surface area contributed by atoms with Crippen LogP contribution in [0.25, 0.3) is 0 Å². The van der Waals surface area contributed by atoms with Crippen LogP contribution < -0.4 is 14.8 Å². The summed E-state index contributed by atoms with van der Waals surface area (Å²) in [4.78, 5) is 0. The average Bonchev–Trinajstić information content (AvgIpc) is 2.44. The molecule has 1 aromatic rings. The molecule has 1 aliphatic heterocycles. The lowest BCUT2D eigenvalue weighted by molar-refractivity contribution is 0.0130. The van der Waals surface area contributed by atoms with Crippen LogP contribution in [0.2, 0.25) is 5.02 Å². The first-order chi connectivity index (χ1) is 9.63. The summed E-state index contributed by atoms with van der Waals surface area (Å²) in [6.45, 7) is 3.70. The van der Waals surface area contributed by atoms with Gasteiger partial charge in [-0.25, -0.2) is 0 Å². The predicted molar refractivity (Wildman–Crippen MR) is 79.8 cm³/mol. The molecule has 1 aromatic carbocycles. The minimum absolute atomic E-state index is 0.329. The second-order valence-corrected chi connectivity index (χ2v) is 5.50. The number of methoxy groups -OCH3 is 2. The molecule has 2 unspecified atom stereocenters. The van der Waals surface area contributed by atoms with Gasteiger partial charge in [-0.2, -0.15) is 0 Å². The molecule has 0 spiro atoms. The standard InChI is InChI=1S/C15H22ClNO3/c1-10-6-12(4-5-20-10)17-9-11-7-13(16)15(19-3)14(8-11)18-2/h7-8,10,12,17H,4-6,9H2,1-3H3. The molecular formula is C15H22ClNO3. The molecule has 0 saturated carbocycles. The number of rotatable bonds is 5. The first kappa shape index (κ1) is 15.4. The van der Waals surface area contributed by atoms with Gasteiger partial charge < -0.3 is 19.5 Å². The van der Waals surface area contributed by atoms with Gasteiger partial charge in [0, 0.05) is 19.2 Å². The van der Waals surface area contributed by atoms with Crippen LogP contribution in [0.4, 0.5) is 0 Å². The molecule has 1 fully saturated rings. The quantitative estimate of drug-likeness (QED) is 0.907. The van der Waals surface area contributed by atoms with Crippen LogP contribution in [0.1, 0.15) is 25.3 Å². The normalized spacial score (nSPS) is 22.6. The van der Waals surface area contributed by atoms with Crippen molar-refractivity contribution in [2.75, 3.05) is 20.8 Å². The fourth-order valence-electron chi connectivity index (χ4n) is 2.52. The van der Waals surface area contributed by atoms with Crippen molar-refractivity contribution in [3.05, 3.63) is 22.7 Å². The first-order valence-corrected chi connectivity index (χ1v) is 7.27. The van der Waals surface area contributed by atoms with E-state index in [-0.39, 0.29) is 0 Å². The Bertz CT molecular complexity index is 453. The van der Waals surface area contributed by atoms with Crippen LogP contribution in [-0.4, -0.2) is 33.0 Å². The number of hydrogen-bond donors (Lipinski definition) is 1. The molecule has 0 radical (unpaired) electrons. The summed E-state index contributed by atoms with van der Waals surface area (Å²) in [5, 5.41) is 4.12. The van der Waals surface area contributed by atoms with Crippen molar-refractivity contribution in [2.24, 2.45) is 0 Å². The Labute approximate surface area is 125 Å². The monoisotopic (exact) mass is 299 g/mol. The van der Waals surface area contributed by atoms with E-state index in [9.17, 15) is 0 Å². The Kier molecular flexibility index (Phi) is 5.52. The van der Waals surface area contributed by atoms with Gasteiger partial charge in [0.1, 0.15) is 0 Å². The van der Waals surface area contributed by atoms with E-state index >= 15 is 0 Å². The molecule has 1 aliphatic rings. The van der Waals surface area contributed by atoms with E-state index in [1.54, 1.807) is 14.2 Å². The van der Waals surface area contributed by atoms with Gasteiger partial charge in [-0.3, -0.25) is 0 Å². The predicted octanol–water partition coefficient (Wildman–Crippen LogP) is 3.01. The van der Waals surface area contributed by atoms with E-state index in [0.29, 0.717) is 28.7 Å². The molecule has 2 atom stereocenters. The Morgan fingerprint density at radius 1 is 1.35 bits per heavy atom. The molecular weight excluding hydrogens is 278 g/mol. The number of benzene rings is 1. The molecule has 0 aromatic heterocycles. The van der Waals surface area contributed by atoms with Crippen LogP contribution in [0.15, 0.2) is 12.1 Å². The van der Waals surface area contributed by atoms with Gasteiger partial charge in [0.2, 0.25) is 0 Å². The smallest absolute Gasteiger partial charge is 0.179 e. The maximum absolute atomic E-state index is 6.21. The lowest BCUT2D eigenvalue weighted by Gasteiger charge is -2.28. The number of halogens is 1. The summed E-state index contributed by atoms with van der Waals surface area (Å²) >= 11 is 6.21. The summed E-state index contributed by atoms with van der Waals surface area (Å²) in [6.07, 6.45) is 2.42. The number of nitrogens with one attached hydrogen (secondary N) is 1. The van der Waals surface area contributed by atoms with Crippen LogP contribution >= 0.6 is 11.6 Å². The van der Waals surface area contributed by atoms with Crippen LogP contribution in [0.3, 0.4) is 0 Å². The highest BCUT2D eigenvalue weighted by atomic mass is 35.5. The Hall–Kier alpha value is -0.970. The maximum atomic E-state index is 6.21. The molecule has 4 nitrogen and oxygen atoms in total. The molecule has 112 valence electrons. The van der Waals surface area contributed by atoms with E-state index in [4.69, 9.17) is 25.8 Å². The fourth-order valence-corrected chi connectivity index (χ4v) is 2.83. The molecule has 5 heteroatoms. The highest BCUT2D eigenvalue weighted by Crippen LogP contribution is 2.36. The molecule has 0 amide bonds. The Balaban J connectivity index is 2.00. The third-order valence-electron chi connectivity index (χ3n) is 3.57. The highest BCUT2D eigenvalue weighted by molar-refractivity contribution is 6.32. The van der Waals surface area contributed by atoms with Gasteiger partial charge in [0.25, 0.3) is 0 Å². The van der Waals surface area contributed by atoms with Crippen LogP contribution in [0.5, 0.6) is 11.5 Å². The molecule has 0 aliphatic carbocycles. The van der Waals surface area contributed by atoms with Crippen molar-refractivity contribution in [2.45, 2.75) is 38.5 Å². The van der Waals surface area contributed by atoms with E-state index in [1.165, 1.54) is 0 Å². The molecule has 0 bridgehead atoms. The van der Waals surface area contributed by atoms with Crippen molar-refractivity contribution < 1.29 is 14.2 Å². The number of hydrogen-bond acceptors (Lipinski definition) is 4. The van der Waals surface area contributed by atoms with E-state index in [0.717, 1.165) is 31.6 Å². The zero-order chi connectivity index (χ0) is 14.5. The van der Waals surface area contributed by atoms with E-state index < -0.39 is 0 Å². The topological polar surface area (TPSA) is 39.7 Å². The Morgan fingerprint density at radius 2 is 2.15 bits per heavy atom. The van der Waals surface area contributed by atoms with Crippen LogP contribution in [0, 0.1) is 0 Å². The summed E-state index contributed by atoms with van der Waals surface area (Å²) < 4.78 is 16.1. The zero-order valence-corrected chi connectivity index (χ0v) is 13.0. The molecule has 2 rings (SSSR count). The van der Waals surface area contributed by atoms with Gasteiger partial charge in [0.05, 0.1) is 25.3 Å². The van der Waals surface area contributed by atoms with Gasteiger partial charge in [0.15, 0.2) is 11.5 Å². The van der Waals surface area contributed by atoms with Crippen molar-refractivity contribution in [3.8, 4) is 11.5 Å². The Morgan fingerprint density at radius 3 is 2.80 bits per heavy atom. The third-order valence-corrected chi connectivity index (χ3v) is 3.85. The molecule has 20 heavy (non-hydrogen) atoms. The second-order valence-electron chi connectivity index (χ2n) is 5.10. The van der Waals surface area contributed by atoms with Gasteiger partial charge in [-0.05, 0) is 37.5 Å². The summed E-state index contributed by atoms with van der Waals surface area (Å²) in [5.41, 5.74) is 1.09. The lowest BCUT2D eigenvalue weighted by Crippen LogP contribution is -2.37. The summed E-state index contributed by atoms with van der Waals surface area (Å²) in [5.74, 6) is 1.25. The number of ether oxygens (including phenoxy) is 3. The maximum Gasteiger partial charge on any atom is 0.179 e. The van der Waals surface area contributed by atoms with Crippen molar-refractivity contribution in [3.63, 3.8) is 0 Å². The lowest BCUT2D eigenvalue weighted by atomic mass is 10.0. The van der Waals surface area contributed by atoms with Crippen molar-refractivity contribution in [1.29, 1.82) is 0 Å². The molecule has 1 heterocycles. The summed E-state index contributed by atoms with van der Waals surface area (Å²) in [6, 6.07) is 4.37. The van der Waals surface area contributed by atoms with Gasteiger partial charge in [-0.1, -0.05) is 11.6 Å². The van der Waals surface area contributed by atoms with E-state index in [2.05, 4.69) is 12.2 Å². The van der Waals surface area contributed by atoms with Crippen molar-refractivity contribution in [1.82, 2.24) is 5.32 Å². The summed E-state index contributed by atoms with van der Waals surface area (Å²) in [7, 11) is 3.20. The molecule has 1 N–H and O–H groups in total. The second kappa shape index (κ2) is 7.16. The van der Waals surface area contributed by atoms with Crippen molar-refractivity contribution >= 4 is 11.6 Å². The first-order valence-electron chi connectivity index (χ1n) is 6.89. The zero-order valence-electron chi connectivity index (χ0n) is 12.2. The van der Waals surface area contributed by atoms with Gasteiger partial charge in [-0.15, -0.1) is 0 Å². The van der Waals surface area contributed by atoms with E-state index in [1.807, 2.05) is 12.1 Å².